The van der Waals surface area contributed by atoms with E-state index < -0.39 is 0 Å². The van der Waals surface area contributed by atoms with Crippen LogP contribution in [0.2, 0.25) is 0 Å². The smallest absolute Gasteiger partial charge is 0.159 e. The molecule has 5 atom stereocenters. The molecule has 4 fully saturated rings. The van der Waals surface area contributed by atoms with Gasteiger partial charge in [-0.3, -0.25) is 0 Å². The fourth-order valence-corrected chi connectivity index (χ4v) is 12.1. The second kappa shape index (κ2) is 9.84. The quantitative estimate of drug-likeness (QED) is 0.190. The molecule has 5 aliphatic carbocycles. The zero-order valence-corrected chi connectivity index (χ0v) is 29.6. The minimum absolute atomic E-state index is 0.00767. The van der Waals surface area contributed by atoms with Crippen molar-refractivity contribution in [1.29, 1.82) is 0 Å². The number of anilines is 3. The SMILES string of the molecule is CC1(C)CCC(C)(C)c2c(N(c3ccc4c(c3)C3(c5ccccc5O4)C4CC5CC(C4)C3C5)c3cccc4c3oc3ccccc34)cccc21. The molecule has 2 heterocycles. The molecule has 0 N–H and O–H groups in total. The van der Waals surface area contributed by atoms with Crippen molar-refractivity contribution in [3.8, 4) is 11.5 Å². The highest BCUT2D eigenvalue weighted by molar-refractivity contribution is 6.10. The molecule has 5 aromatic carbocycles. The van der Waals surface area contributed by atoms with Crippen molar-refractivity contribution in [1.82, 2.24) is 0 Å². The highest BCUT2D eigenvalue weighted by atomic mass is 16.5. The lowest BCUT2D eigenvalue weighted by Crippen LogP contribution is -2.44. The van der Waals surface area contributed by atoms with Gasteiger partial charge >= 0.3 is 0 Å². The van der Waals surface area contributed by atoms with Gasteiger partial charge in [-0.15, -0.1) is 0 Å². The third-order valence-corrected chi connectivity index (χ3v) is 14.1. The Kier molecular flexibility index (Phi) is 5.76. The second-order valence-electron chi connectivity index (χ2n) is 17.6. The van der Waals surface area contributed by atoms with Crippen LogP contribution in [0.3, 0.4) is 0 Å². The monoisotopic (exact) mass is 655 g/mol. The molecule has 50 heavy (non-hydrogen) atoms. The van der Waals surface area contributed by atoms with Gasteiger partial charge in [-0.2, -0.15) is 0 Å². The number of fused-ring (bicyclic) bond motifs is 6. The maximum atomic E-state index is 6.85. The Morgan fingerprint density at radius 3 is 2.26 bits per heavy atom. The van der Waals surface area contributed by atoms with Gasteiger partial charge in [-0.25, -0.2) is 0 Å². The number of hydrogen-bond donors (Lipinski definition) is 0. The molecule has 6 aromatic rings. The zero-order valence-electron chi connectivity index (χ0n) is 29.6. The lowest BCUT2D eigenvalue weighted by Gasteiger charge is -2.49. The number of hydrogen-bond acceptors (Lipinski definition) is 3. The average Bonchev–Trinajstić information content (AvgIpc) is 3.72. The number of para-hydroxylation sites is 3. The summed E-state index contributed by atoms with van der Waals surface area (Å²) in [6.45, 7) is 9.75. The number of rotatable bonds is 3. The summed E-state index contributed by atoms with van der Waals surface area (Å²) in [6.07, 6.45) is 7.76. The lowest BCUT2D eigenvalue weighted by molar-refractivity contribution is 0.173. The summed E-state index contributed by atoms with van der Waals surface area (Å²) in [7, 11) is 0. The average molecular weight is 656 g/mol. The molecule has 6 aliphatic rings. The largest absolute Gasteiger partial charge is 0.457 e. The van der Waals surface area contributed by atoms with Gasteiger partial charge in [0, 0.05) is 33.0 Å². The Hall–Kier alpha value is -4.50. The van der Waals surface area contributed by atoms with Gasteiger partial charge in [-0.1, -0.05) is 88.4 Å². The van der Waals surface area contributed by atoms with Gasteiger partial charge < -0.3 is 14.1 Å². The van der Waals surface area contributed by atoms with Crippen LogP contribution in [0.15, 0.2) is 108 Å². The molecule has 3 heteroatoms. The fraction of sp³-hybridized carbons (Fsp3) is 0.362. The van der Waals surface area contributed by atoms with E-state index >= 15 is 0 Å². The van der Waals surface area contributed by atoms with E-state index in [-0.39, 0.29) is 16.2 Å². The zero-order chi connectivity index (χ0) is 33.6. The van der Waals surface area contributed by atoms with Gasteiger partial charge in [0.15, 0.2) is 5.58 Å². The van der Waals surface area contributed by atoms with Gasteiger partial charge in [0.2, 0.25) is 0 Å². The van der Waals surface area contributed by atoms with Gasteiger partial charge in [0.25, 0.3) is 0 Å². The first kappa shape index (κ1) is 29.3. The van der Waals surface area contributed by atoms with E-state index in [2.05, 4.69) is 136 Å². The van der Waals surface area contributed by atoms with Gasteiger partial charge in [0.1, 0.15) is 17.1 Å². The molecule has 5 unspecified atom stereocenters. The Labute approximate surface area is 295 Å². The Bertz CT molecular complexity index is 2370. The summed E-state index contributed by atoms with van der Waals surface area (Å²) in [5.74, 6) is 5.13. The van der Waals surface area contributed by atoms with Crippen molar-refractivity contribution < 1.29 is 9.15 Å². The van der Waals surface area contributed by atoms with E-state index in [0.29, 0.717) is 11.8 Å². The molecule has 1 aromatic heterocycles. The standard InChI is InChI=1S/C47H45NO2/c1-45(2)21-22-46(3,4)43-35(45)14-10-15-38(43)48(39-16-9-12-33-32-11-5-7-17-40(32)50-44(33)39)31-19-20-42-37(27-31)47(34-13-6-8-18-41(34)49-42)30-24-28-23-29(26-30)36(47)25-28/h5-20,27-30,36H,21-26H2,1-4H3. The van der Waals surface area contributed by atoms with Crippen molar-refractivity contribution in [3.05, 3.63) is 125 Å². The van der Waals surface area contributed by atoms with Gasteiger partial charge in [0.05, 0.1) is 11.4 Å². The van der Waals surface area contributed by atoms with E-state index in [1.807, 2.05) is 0 Å². The first-order valence-corrected chi connectivity index (χ1v) is 19.0. The van der Waals surface area contributed by atoms with Gasteiger partial charge in [-0.05, 0) is 127 Å². The van der Waals surface area contributed by atoms with Crippen LogP contribution in [0, 0.1) is 23.7 Å². The number of nitrogens with zero attached hydrogens (tertiary/aromatic N) is 1. The summed E-state index contributed by atoms with van der Waals surface area (Å²) in [5.41, 5.74) is 11.2. The van der Waals surface area contributed by atoms with E-state index in [1.165, 1.54) is 65.7 Å². The van der Waals surface area contributed by atoms with Crippen molar-refractivity contribution >= 4 is 39.0 Å². The maximum Gasteiger partial charge on any atom is 0.159 e. The van der Waals surface area contributed by atoms with Crippen molar-refractivity contribution in [2.75, 3.05) is 4.90 Å². The molecule has 4 bridgehead atoms. The molecular weight excluding hydrogens is 611 g/mol. The van der Waals surface area contributed by atoms with Crippen LogP contribution in [0.25, 0.3) is 21.9 Å². The minimum atomic E-state index is -0.00767. The number of benzene rings is 5. The highest BCUT2D eigenvalue weighted by Gasteiger charge is 2.65. The van der Waals surface area contributed by atoms with E-state index in [9.17, 15) is 0 Å². The Morgan fingerprint density at radius 1 is 0.620 bits per heavy atom. The van der Waals surface area contributed by atoms with Crippen molar-refractivity contribution in [3.63, 3.8) is 0 Å². The third-order valence-electron chi connectivity index (χ3n) is 14.1. The van der Waals surface area contributed by atoms with Crippen LogP contribution in [-0.2, 0) is 16.2 Å². The summed E-state index contributed by atoms with van der Waals surface area (Å²) in [4.78, 5) is 2.55. The van der Waals surface area contributed by atoms with Crippen LogP contribution in [-0.4, -0.2) is 0 Å². The Balaban J connectivity index is 1.21. The molecule has 3 nitrogen and oxygen atoms in total. The molecule has 1 aliphatic heterocycles. The highest BCUT2D eigenvalue weighted by Crippen LogP contribution is 2.72. The maximum absolute atomic E-state index is 6.85. The first-order valence-electron chi connectivity index (χ1n) is 19.0. The summed E-state index contributed by atoms with van der Waals surface area (Å²) in [5, 5.41) is 2.32. The van der Waals surface area contributed by atoms with E-state index in [0.717, 1.165) is 57.4 Å². The molecular formula is C47H45NO2. The predicted octanol–water partition coefficient (Wildman–Crippen LogP) is 12.9. The Morgan fingerprint density at radius 2 is 1.36 bits per heavy atom. The predicted molar refractivity (Wildman–Crippen MR) is 203 cm³/mol. The topological polar surface area (TPSA) is 25.6 Å². The first-order chi connectivity index (χ1) is 24.2. The third kappa shape index (κ3) is 3.71. The molecule has 1 spiro atoms. The summed E-state index contributed by atoms with van der Waals surface area (Å²) in [6, 6.07) is 38.3. The molecule has 4 saturated carbocycles. The normalized spacial score (nSPS) is 27.7. The second-order valence-corrected chi connectivity index (χ2v) is 17.6. The fourth-order valence-electron chi connectivity index (χ4n) is 12.1. The van der Waals surface area contributed by atoms with Crippen LogP contribution in [0.4, 0.5) is 17.1 Å². The van der Waals surface area contributed by atoms with E-state index in [1.54, 1.807) is 0 Å². The minimum Gasteiger partial charge on any atom is -0.457 e. The lowest BCUT2D eigenvalue weighted by atomic mass is 9.56. The molecule has 0 saturated heterocycles. The van der Waals surface area contributed by atoms with Crippen LogP contribution in [0.5, 0.6) is 11.5 Å². The molecule has 12 rings (SSSR count). The molecule has 250 valence electrons. The summed E-state index contributed by atoms with van der Waals surface area (Å²) >= 11 is 0. The van der Waals surface area contributed by atoms with Crippen LogP contribution < -0.4 is 9.64 Å². The number of furan rings is 1. The molecule has 0 amide bonds. The van der Waals surface area contributed by atoms with Crippen molar-refractivity contribution in [2.24, 2.45) is 23.7 Å². The van der Waals surface area contributed by atoms with Crippen LogP contribution in [0.1, 0.15) is 88.5 Å². The molecule has 0 radical (unpaired) electrons. The van der Waals surface area contributed by atoms with E-state index in [4.69, 9.17) is 9.15 Å². The number of ether oxygens (including phenoxy) is 1. The summed E-state index contributed by atoms with van der Waals surface area (Å²) < 4.78 is 13.7. The van der Waals surface area contributed by atoms with Crippen molar-refractivity contribution in [2.45, 2.75) is 82.5 Å². The van der Waals surface area contributed by atoms with Crippen LogP contribution >= 0.6 is 0 Å².